The Balaban J connectivity index is 2.68. The van der Waals surface area contributed by atoms with Crippen LogP contribution in [0.15, 0.2) is 12.1 Å². The molecule has 0 aliphatic heterocycles. The minimum atomic E-state index is -0.975. The number of hydrogen-bond acceptors (Lipinski definition) is 2. The van der Waals surface area contributed by atoms with Crippen LogP contribution in [0, 0.1) is 17.6 Å². The molecule has 0 saturated heterocycles. The number of ether oxygens (including phenoxy) is 2. The maximum Gasteiger partial charge on any atom is 0.204 e. The predicted octanol–water partition coefficient (Wildman–Crippen LogP) is 4.57. The summed E-state index contributed by atoms with van der Waals surface area (Å²) in [6, 6.07) is 2.84. The van der Waals surface area contributed by atoms with Gasteiger partial charge in [-0.3, -0.25) is 0 Å². The molecule has 1 unspecified atom stereocenters. The van der Waals surface area contributed by atoms with E-state index in [9.17, 15) is 8.78 Å². The summed E-state index contributed by atoms with van der Waals surface area (Å²) in [5.41, 5.74) is 0. The molecule has 0 heterocycles. The second-order valence-corrected chi connectivity index (χ2v) is 4.72. The standard InChI is InChI=1S/C15H22F2O2/c1-4-6-9-18-12-7-8-13(15(17)14(12)16)19-10-11(3)5-2/h7-8,11H,4-6,9-10H2,1-3H3. The molecule has 0 aliphatic carbocycles. The van der Waals surface area contributed by atoms with E-state index < -0.39 is 11.6 Å². The van der Waals surface area contributed by atoms with Gasteiger partial charge in [-0.1, -0.05) is 33.6 Å². The van der Waals surface area contributed by atoms with Gasteiger partial charge in [0.25, 0.3) is 0 Å². The Morgan fingerprint density at radius 1 is 1.05 bits per heavy atom. The SMILES string of the molecule is CCCCOc1ccc(OCC(C)CC)c(F)c1F. The van der Waals surface area contributed by atoms with Crippen molar-refractivity contribution in [1.29, 1.82) is 0 Å². The molecular weight excluding hydrogens is 250 g/mol. The van der Waals surface area contributed by atoms with Gasteiger partial charge in [-0.2, -0.15) is 8.78 Å². The predicted molar refractivity (Wildman–Crippen MR) is 71.7 cm³/mol. The molecule has 0 fully saturated rings. The maximum absolute atomic E-state index is 13.7. The van der Waals surface area contributed by atoms with Crippen molar-refractivity contribution in [3.8, 4) is 11.5 Å². The highest BCUT2D eigenvalue weighted by Gasteiger charge is 2.16. The van der Waals surface area contributed by atoms with Gasteiger partial charge in [-0.15, -0.1) is 0 Å². The molecule has 1 atom stereocenters. The first-order valence-electron chi connectivity index (χ1n) is 6.83. The zero-order valence-corrected chi connectivity index (χ0v) is 11.8. The normalized spacial score (nSPS) is 12.3. The summed E-state index contributed by atoms with van der Waals surface area (Å²) in [6.45, 7) is 6.79. The van der Waals surface area contributed by atoms with E-state index in [1.165, 1.54) is 12.1 Å². The van der Waals surface area contributed by atoms with Gasteiger partial charge >= 0.3 is 0 Å². The van der Waals surface area contributed by atoms with Gasteiger partial charge in [0.2, 0.25) is 11.6 Å². The van der Waals surface area contributed by atoms with Crippen LogP contribution in [0.25, 0.3) is 0 Å². The minimum Gasteiger partial charge on any atom is -0.490 e. The molecule has 0 spiro atoms. The summed E-state index contributed by atoms with van der Waals surface area (Å²) < 4.78 is 37.9. The third-order valence-corrected chi connectivity index (χ3v) is 2.99. The van der Waals surface area contributed by atoms with Crippen molar-refractivity contribution in [2.24, 2.45) is 5.92 Å². The quantitative estimate of drug-likeness (QED) is 0.645. The fourth-order valence-corrected chi connectivity index (χ4v) is 1.41. The van der Waals surface area contributed by atoms with E-state index in [0.29, 0.717) is 19.1 Å². The Morgan fingerprint density at radius 3 is 2.16 bits per heavy atom. The van der Waals surface area contributed by atoms with Gasteiger partial charge in [0.15, 0.2) is 11.5 Å². The van der Waals surface area contributed by atoms with Crippen molar-refractivity contribution >= 4 is 0 Å². The van der Waals surface area contributed by atoms with Crippen LogP contribution in [0.4, 0.5) is 8.78 Å². The van der Waals surface area contributed by atoms with E-state index in [2.05, 4.69) is 0 Å². The van der Waals surface area contributed by atoms with E-state index >= 15 is 0 Å². The lowest BCUT2D eigenvalue weighted by Gasteiger charge is -2.13. The van der Waals surface area contributed by atoms with Gasteiger partial charge < -0.3 is 9.47 Å². The third-order valence-electron chi connectivity index (χ3n) is 2.99. The summed E-state index contributed by atoms with van der Waals surface area (Å²) >= 11 is 0. The first-order valence-corrected chi connectivity index (χ1v) is 6.83. The van der Waals surface area contributed by atoms with Gasteiger partial charge in [-0.25, -0.2) is 0 Å². The van der Waals surface area contributed by atoms with Gasteiger partial charge in [0, 0.05) is 0 Å². The fraction of sp³-hybridized carbons (Fsp3) is 0.600. The highest BCUT2D eigenvalue weighted by atomic mass is 19.2. The van der Waals surface area contributed by atoms with Crippen LogP contribution in [0.3, 0.4) is 0 Å². The Kier molecular flexibility index (Phi) is 6.60. The number of rotatable bonds is 8. The van der Waals surface area contributed by atoms with Crippen molar-refractivity contribution in [1.82, 2.24) is 0 Å². The van der Waals surface area contributed by atoms with Gasteiger partial charge in [0.1, 0.15) is 0 Å². The molecule has 0 radical (unpaired) electrons. The average molecular weight is 272 g/mol. The van der Waals surface area contributed by atoms with Crippen LogP contribution in [0.2, 0.25) is 0 Å². The van der Waals surface area contributed by atoms with Crippen LogP contribution in [0.1, 0.15) is 40.0 Å². The second kappa shape index (κ2) is 7.97. The molecular formula is C15H22F2O2. The van der Waals surface area contributed by atoms with Crippen molar-refractivity contribution < 1.29 is 18.3 Å². The second-order valence-electron chi connectivity index (χ2n) is 4.72. The van der Waals surface area contributed by atoms with E-state index in [1.54, 1.807) is 0 Å². The number of halogens is 2. The molecule has 4 heteroatoms. The lowest BCUT2D eigenvalue weighted by molar-refractivity contribution is 0.238. The van der Waals surface area contributed by atoms with Crippen molar-refractivity contribution in [3.63, 3.8) is 0 Å². The van der Waals surface area contributed by atoms with E-state index in [-0.39, 0.29) is 11.5 Å². The summed E-state index contributed by atoms with van der Waals surface area (Å²) in [5.74, 6) is -1.75. The highest BCUT2D eigenvalue weighted by molar-refractivity contribution is 5.35. The van der Waals surface area contributed by atoms with Crippen LogP contribution in [-0.2, 0) is 0 Å². The Labute approximate surface area is 113 Å². The largest absolute Gasteiger partial charge is 0.490 e. The van der Waals surface area contributed by atoms with E-state index in [0.717, 1.165) is 19.3 Å². The minimum absolute atomic E-state index is 0.0539. The zero-order chi connectivity index (χ0) is 14.3. The van der Waals surface area contributed by atoms with Crippen LogP contribution in [0.5, 0.6) is 11.5 Å². The van der Waals surface area contributed by atoms with Crippen molar-refractivity contribution in [2.45, 2.75) is 40.0 Å². The molecule has 0 aliphatic rings. The Bertz CT molecular complexity index is 394. The zero-order valence-electron chi connectivity index (χ0n) is 11.8. The molecule has 2 nitrogen and oxygen atoms in total. The lowest BCUT2D eigenvalue weighted by atomic mass is 10.1. The van der Waals surface area contributed by atoms with Crippen LogP contribution < -0.4 is 9.47 Å². The molecule has 0 aromatic heterocycles. The summed E-state index contributed by atoms with van der Waals surface area (Å²) in [7, 11) is 0. The third kappa shape index (κ3) is 4.69. The lowest BCUT2D eigenvalue weighted by Crippen LogP contribution is -2.09. The summed E-state index contributed by atoms with van der Waals surface area (Å²) in [6.07, 6.45) is 2.69. The van der Waals surface area contributed by atoms with Crippen molar-refractivity contribution in [2.75, 3.05) is 13.2 Å². The van der Waals surface area contributed by atoms with Crippen LogP contribution in [-0.4, -0.2) is 13.2 Å². The molecule has 108 valence electrons. The first kappa shape index (κ1) is 15.7. The molecule has 1 rings (SSSR count). The fourth-order valence-electron chi connectivity index (χ4n) is 1.41. The Hall–Kier alpha value is -1.32. The van der Waals surface area contributed by atoms with E-state index in [1.807, 2.05) is 20.8 Å². The molecule has 0 saturated carbocycles. The number of benzene rings is 1. The number of hydrogen-bond donors (Lipinski definition) is 0. The smallest absolute Gasteiger partial charge is 0.204 e. The summed E-state index contributed by atoms with van der Waals surface area (Å²) in [4.78, 5) is 0. The van der Waals surface area contributed by atoms with Gasteiger partial charge in [-0.05, 0) is 24.5 Å². The Morgan fingerprint density at radius 2 is 1.63 bits per heavy atom. The van der Waals surface area contributed by atoms with Gasteiger partial charge in [0.05, 0.1) is 13.2 Å². The number of unbranched alkanes of at least 4 members (excludes halogenated alkanes) is 1. The van der Waals surface area contributed by atoms with Crippen molar-refractivity contribution in [3.05, 3.63) is 23.8 Å². The monoisotopic (exact) mass is 272 g/mol. The van der Waals surface area contributed by atoms with Crippen LogP contribution >= 0.6 is 0 Å². The molecule has 19 heavy (non-hydrogen) atoms. The molecule has 0 N–H and O–H groups in total. The molecule has 0 amide bonds. The highest BCUT2D eigenvalue weighted by Crippen LogP contribution is 2.28. The average Bonchev–Trinajstić information content (AvgIpc) is 2.42. The topological polar surface area (TPSA) is 18.5 Å². The molecule has 0 bridgehead atoms. The first-order chi connectivity index (χ1) is 9.10. The summed E-state index contributed by atoms with van der Waals surface area (Å²) in [5, 5.41) is 0. The molecule has 1 aromatic carbocycles. The molecule has 1 aromatic rings. The van der Waals surface area contributed by atoms with E-state index in [4.69, 9.17) is 9.47 Å². The maximum atomic E-state index is 13.7.